The lowest BCUT2D eigenvalue weighted by Crippen LogP contribution is -2.32. The van der Waals surface area contributed by atoms with Crippen molar-refractivity contribution in [2.75, 3.05) is 19.6 Å². The SMILES string of the molecule is Cc1ccc(C(=O)NCCNCCc2ccccc2)cc1. The second kappa shape index (κ2) is 8.22. The first kappa shape index (κ1) is 15.3. The molecule has 0 atom stereocenters. The van der Waals surface area contributed by atoms with E-state index < -0.39 is 0 Å². The third-order valence-electron chi connectivity index (χ3n) is 3.33. The number of amides is 1. The zero-order chi connectivity index (χ0) is 14.9. The van der Waals surface area contributed by atoms with Crippen LogP contribution in [0.5, 0.6) is 0 Å². The molecule has 0 aromatic heterocycles. The summed E-state index contributed by atoms with van der Waals surface area (Å²) in [5, 5.41) is 6.25. The van der Waals surface area contributed by atoms with Gasteiger partial charge in [0.25, 0.3) is 5.91 Å². The van der Waals surface area contributed by atoms with Crippen LogP contribution in [0.3, 0.4) is 0 Å². The highest BCUT2D eigenvalue weighted by molar-refractivity contribution is 5.94. The summed E-state index contributed by atoms with van der Waals surface area (Å²) in [5.74, 6) is -0.0140. The number of hydrogen-bond donors (Lipinski definition) is 2. The molecular weight excluding hydrogens is 260 g/mol. The van der Waals surface area contributed by atoms with Gasteiger partial charge in [-0.2, -0.15) is 0 Å². The summed E-state index contributed by atoms with van der Waals surface area (Å²) in [6.07, 6.45) is 1.01. The van der Waals surface area contributed by atoms with Gasteiger partial charge >= 0.3 is 0 Å². The van der Waals surface area contributed by atoms with E-state index in [0.717, 1.165) is 25.1 Å². The zero-order valence-electron chi connectivity index (χ0n) is 12.4. The van der Waals surface area contributed by atoms with Crippen molar-refractivity contribution in [3.63, 3.8) is 0 Å². The molecule has 0 saturated carbocycles. The predicted molar refractivity (Wildman–Crippen MR) is 86.5 cm³/mol. The molecule has 0 heterocycles. The van der Waals surface area contributed by atoms with Crippen LogP contribution < -0.4 is 10.6 Å². The zero-order valence-corrected chi connectivity index (χ0v) is 12.4. The third kappa shape index (κ3) is 5.40. The normalized spacial score (nSPS) is 10.3. The Morgan fingerprint density at radius 2 is 1.62 bits per heavy atom. The predicted octanol–water partition coefficient (Wildman–Crippen LogP) is 2.56. The van der Waals surface area contributed by atoms with E-state index in [0.29, 0.717) is 12.1 Å². The molecule has 2 rings (SSSR count). The van der Waals surface area contributed by atoms with Crippen molar-refractivity contribution in [2.45, 2.75) is 13.3 Å². The van der Waals surface area contributed by atoms with E-state index in [4.69, 9.17) is 0 Å². The molecule has 0 aliphatic rings. The van der Waals surface area contributed by atoms with E-state index in [2.05, 4.69) is 34.9 Å². The molecule has 3 heteroatoms. The van der Waals surface area contributed by atoms with E-state index in [-0.39, 0.29) is 5.91 Å². The van der Waals surface area contributed by atoms with Gasteiger partial charge in [-0.25, -0.2) is 0 Å². The van der Waals surface area contributed by atoms with Gasteiger partial charge in [0.15, 0.2) is 0 Å². The molecule has 0 radical (unpaired) electrons. The summed E-state index contributed by atoms with van der Waals surface area (Å²) < 4.78 is 0. The summed E-state index contributed by atoms with van der Waals surface area (Å²) >= 11 is 0. The van der Waals surface area contributed by atoms with Gasteiger partial charge in [0.05, 0.1) is 0 Å². The van der Waals surface area contributed by atoms with Gasteiger partial charge in [-0.1, -0.05) is 48.0 Å². The third-order valence-corrected chi connectivity index (χ3v) is 3.33. The van der Waals surface area contributed by atoms with Crippen LogP contribution in [-0.2, 0) is 6.42 Å². The van der Waals surface area contributed by atoms with Crippen molar-refractivity contribution in [1.29, 1.82) is 0 Å². The molecule has 0 bridgehead atoms. The molecule has 0 aliphatic carbocycles. The Morgan fingerprint density at radius 3 is 2.33 bits per heavy atom. The average molecular weight is 282 g/mol. The first-order valence-electron chi connectivity index (χ1n) is 7.35. The van der Waals surface area contributed by atoms with Crippen molar-refractivity contribution in [2.24, 2.45) is 0 Å². The summed E-state index contributed by atoms with van der Waals surface area (Å²) in [5.41, 5.74) is 3.20. The van der Waals surface area contributed by atoms with Gasteiger partial charge in [-0.3, -0.25) is 4.79 Å². The Labute approximate surface area is 126 Å². The van der Waals surface area contributed by atoms with E-state index in [9.17, 15) is 4.79 Å². The topological polar surface area (TPSA) is 41.1 Å². The van der Waals surface area contributed by atoms with Crippen molar-refractivity contribution in [1.82, 2.24) is 10.6 Å². The number of nitrogens with one attached hydrogen (secondary N) is 2. The molecule has 1 amide bonds. The Kier molecular flexibility index (Phi) is 5.98. The molecule has 0 unspecified atom stereocenters. The van der Waals surface area contributed by atoms with Crippen LogP contribution in [0.15, 0.2) is 54.6 Å². The van der Waals surface area contributed by atoms with Gasteiger partial charge in [-0.05, 0) is 37.6 Å². The van der Waals surface area contributed by atoms with Gasteiger partial charge in [0.2, 0.25) is 0 Å². The number of rotatable bonds is 7. The Hall–Kier alpha value is -2.13. The van der Waals surface area contributed by atoms with Crippen molar-refractivity contribution in [3.8, 4) is 0 Å². The fraction of sp³-hybridized carbons (Fsp3) is 0.278. The van der Waals surface area contributed by atoms with Crippen LogP contribution in [0.25, 0.3) is 0 Å². The molecule has 21 heavy (non-hydrogen) atoms. The summed E-state index contributed by atoms with van der Waals surface area (Å²) in [6, 6.07) is 18.0. The maximum Gasteiger partial charge on any atom is 0.251 e. The summed E-state index contributed by atoms with van der Waals surface area (Å²) in [4.78, 5) is 11.9. The smallest absolute Gasteiger partial charge is 0.251 e. The van der Waals surface area contributed by atoms with Crippen LogP contribution in [0.1, 0.15) is 21.5 Å². The lowest BCUT2D eigenvalue weighted by Gasteiger charge is -2.07. The number of hydrogen-bond acceptors (Lipinski definition) is 2. The highest BCUT2D eigenvalue weighted by Gasteiger charge is 2.03. The highest BCUT2D eigenvalue weighted by Crippen LogP contribution is 2.02. The molecule has 0 saturated heterocycles. The molecule has 3 nitrogen and oxygen atoms in total. The molecule has 2 aromatic rings. The lowest BCUT2D eigenvalue weighted by molar-refractivity contribution is 0.0954. The van der Waals surface area contributed by atoms with Crippen LogP contribution in [-0.4, -0.2) is 25.5 Å². The molecule has 2 N–H and O–H groups in total. The van der Waals surface area contributed by atoms with Crippen molar-refractivity contribution >= 4 is 5.91 Å². The minimum atomic E-state index is -0.0140. The number of carbonyl (C=O) groups is 1. The monoisotopic (exact) mass is 282 g/mol. The number of aryl methyl sites for hydroxylation is 1. The number of carbonyl (C=O) groups excluding carboxylic acids is 1. The van der Waals surface area contributed by atoms with E-state index in [1.807, 2.05) is 37.3 Å². The van der Waals surface area contributed by atoms with Gasteiger partial charge in [0, 0.05) is 18.7 Å². The summed E-state index contributed by atoms with van der Waals surface area (Å²) in [7, 11) is 0. The molecule has 0 aliphatic heterocycles. The Bertz CT molecular complexity index is 549. The maximum absolute atomic E-state index is 11.9. The van der Waals surface area contributed by atoms with Crippen LogP contribution in [0, 0.1) is 6.92 Å². The quantitative estimate of drug-likeness (QED) is 0.766. The minimum absolute atomic E-state index is 0.0140. The highest BCUT2D eigenvalue weighted by atomic mass is 16.1. The lowest BCUT2D eigenvalue weighted by atomic mass is 10.1. The average Bonchev–Trinajstić information content (AvgIpc) is 2.52. The van der Waals surface area contributed by atoms with E-state index >= 15 is 0 Å². The van der Waals surface area contributed by atoms with E-state index in [1.165, 1.54) is 5.56 Å². The Morgan fingerprint density at radius 1 is 0.905 bits per heavy atom. The molecule has 110 valence electrons. The first-order valence-corrected chi connectivity index (χ1v) is 7.35. The fourth-order valence-corrected chi connectivity index (χ4v) is 2.07. The van der Waals surface area contributed by atoms with Crippen molar-refractivity contribution < 1.29 is 4.79 Å². The van der Waals surface area contributed by atoms with Crippen LogP contribution in [0.2, 0.25) is 0 Å². The molecule has 0 fully saturated rings. The second-order valence-electron chi connectivity index (χ2n) is 5.11. The first-order chi connectivity index (χ1) is 10.3. The van der Waals surface area contributed by atoms with Gasteiger partial charge in [0.1, 0.15) is 0 Å². The van der Waals surface area contributed by atoms with E-state index in [1.54, 1.807) is 0 Å². The van der Waals surface area contributed by atoms with Crippen molar-refractivity contribution in [3.05, 3.63) is 71.3 Å². The Balaban J connectivity index is 1.59. The molecular formula is C18H22N2O. The fourth-order valence-electron chi connectivity index (χ4n) is 2.07. The maximum atomic E-state index is 11.9. The minimum Gasteiger partial charge on any atom is -0.351 e. The van der Waals surface area contributed by atoms with Gasteiger partial charge < -0.3 is 10.6 Å². The van der Waals surface area contributed by atoms with Crippen LogP contribution >= 0.6 is 0 Å². The largest absolute Gasteiger partial charge is 0.351 e. The van der Waals surface area contributed by atoms with Crippen LogP contribution in [0.4, 0.5) is 0 Å². The number of benzene rings is 2. The standard InChI is InChI=1S/C18H22N2O/c1-15-7-9-17(10-8-15)18(21)20-14-13-19-12-11-16-5-3-2-4-6-16/h2-10,19H,11-14H2,1H3,(H,20,21). The summed E-state index contributed by atoms with van der Waals surface area (Å²) in [6.45, 7) is 4.36. The molecule has 2 aromatic carbocycles. The second-order valence-corrected chi connectivity index (χ2v) is 5.11. The van der Waals surface area contributed by atoms with Gasteiger partial charge in [-0.15, -0.1) is 0 Å². The molecule has 0 spiro atoms.